The van der Waals surface area contributed by atoms with Crippen LogP contribution >= 0.6 is 0 Å². The van der Waals surface area contributed by atoms with Crippen molar-refractivity contribution >= 4 is 56.1 Å². The van der Waals surface area contributed by atoms with Crippen molar-refractivity contribution in [2.24, 2.45) is 5.92 Å². The molecule has 1 atom stereocenters. The topological polar surface area (TPSA) is 168 Å². The number of pyridine rings is 1. The summed E-state index contributed by atoms with van der Waals surface area (Å²) in [5.41, 5.74) is 4.57. The van der Waals surface area contributed by atoms with Gasteiger partial charge in [-0.15, -0.1) is 0 Å². The number of benzene rings is 3. The van der Waals surface area contributed by atoms with E-state index in [1.165, 1.54) is 16.1 Å². The molecule has 0 radical (unpaired) electrons. The highest BCUT2D eigenvalue weighted by molar-refractivity contribution is 7.90. The van der Waals surface area contributed by atoms with Crippen molar-refractivity contribution in [3.8, 4) is 11.1 Å². The number of rotatable bonds is 11. The van der Waals surface area contributed by atoms with E-state index in [-0.39, 0.29) is 23.8 Å². The van der Waals surface area contributed by atoms with Gasteiger partial charge in [0.05, 0.1) is 11.3 Å². The summed E-state index contributed by atoms with van der Waals surface area (Å²) < 4.78 is 60.0. The predicted octanol–water partition coefficient (Wildman–Crippen LogP) is 6.35. The first-order valence-corrected chi connectivity index (χ1v) is 24.0. The minimum atomic E-state index is -4.08. The molecule has 4 fully saturated rings. The molecule has 10 rings (SSSR count). The molecule has 4 saturated heterocycles. The number of carbonyl (C=O) groups excluding carboxylic acids is 4. The Bertz CT molecular complexity index is 2810. The van der Waals surface area contributed by atoms with Crippen molar-refractivity contribution in [2.45, 2.75) is 69.9 Å². The van der Waals surface area contributed by atoms with Gasteiger partial charge in [0.15, 0.2) is 5.82 Å². The summed E-state index contributed by atoms with van der Waals surface area (Å²) in [7, 11) is -4.08. The molecule has 17 heteroatoms. The van der Waals surface area contributed by atoms with Crippen molar-refractivity contribution in [3.63, 3.8) is 0 Å². The van der Waals surface area contributed by atoms with Crippen molar-refractivity contribution in [1.82, 2.24) is 29.4 Å². The maximum atomic E-state index is 15.8. The van der Waals surface area contributed by atoms with Crippen molar-refractivity contribution < 1.29 is 36.4 Å². The first-order valence-electron chi connectivity index (χ1n) is 22.5. The highest BCUT2D eigenvalue weighted by Gasteiger charge is 2.39. The standard InChI is InChI=1S/C48H50F2N8O6S/c49-39-9-10-40(54-65(63,64)57-17-1-2-18-57)44(50)43(39)45(60)38-26-52-46-37(38)24-33(25-51-46)30-3-6-35(7-4-30)56-21-13-29(14-22-56)27-55-19-15-31(16-20-55)32-5-8-36-34(23-32)28-58(48(36)62)41-11-12-42(59)53-47(41)61/h3-10,23-26,29,31,41,54H,1-2,11-22,27-28H2,(H,51,52)(H,53,59,61). The molecule has 7 heterocycles. The molecular weight excluding hydrogens is 855 g/mol. The summed E-state index contributed by atoms with van der Waals surface area (Å²) in [5, 5.41) is 2.75. The number of piperidine rings is 3. The molecule has 3 aromatic carbocycles. The van der Waals surface area contributed by atoms with E-state index in [4.69, 9.17) is 0 Å². The summed E-state index contributed by atoms with van der Waals surface area (Å²) in [5.74, 6) is -3.13. The molecule has 0 aliphatic carbocycles. The molecule has 5 aliphatic rings. The van der Waals surface area contributed by atoms with Crippen LogP contribution in [0.5, 0.6) is 0 Å². The van der Waals surface area contributed by atoms with E-state index in [0.29, 0.717) is 67.3 Å². The molecule has 65 heavy (non-hydrogen) atoms. The van der Waals surface area contributed by atoms with Gasteiger partial charge in [0.25, 0.3) is 5.91 Å². The Kier molecular flexibility index (Phi) is 11.5. The zero-order chi connectivity index (χ0) is 45.0. The second-order valence-electron chi connectivity index (χ2n) is 18.0. The third-order valence-corrected chi connectivity index (χ3v) is 15.6. The van der Waals surface area contributed by atoms with E-state index in [9.17, 15) is 27.6 Å². The first-order chi connectivity index (χ1) is 31.4. The van der Waals surface area contributed by atoms with Crippen LogP contribution in [0.2, 0.25) is 0 Å². The highest BCUT2D eigenvalue weighted by Crippen LogP contribution is 2.36. The second-order valence-corrected chi connectivity index (χ2v) is 19.7. The maximum absolute atomic E-state index is 15.8. The van der Waals surface area contributed by atoms with Crippen LogP contribution in [0.25, 0.3) is 22.2 Å². The van der Waals surface area contributed by atoms with E-state index in [0.717, 1.165) is 92.9 Å². The zero-order valence-electron chi connectivity index (χ0n) is 35.8. The van der Waals surface area contributed by atoms with Crippen molar-refractivity contribution in [1.29, 1.82) is 0 Å². The van der Waals surface area contributed by atoms with Gasteiger partial charge in [-0.05, 0) is 123 Å². The van der Waals surface area contributed by atoms with Gasteiger partial charge in [-0.25, -0.2) is 13.8 Å². The third kappa shape index (κ3) is 8.40. The molecule has 338 valence electrons. The number of nitrogens with one attached hydrogen (secondary N) is 3. The number of aromatic amines is 1. The van der Waals surface area contributed by atoms with Gasteiger partial charge in [-0.3, -0.25) is 29.2 Å². The number of nitrogens with zero attached hydrogens (tertiary/aromatic N) is 5. The number of likely N-dealkylation sites (tertiary alicyclic amines) is 1. The van der Waals surface area contributed by atoms with Gasteiger partial charge >= 0.3 is 10.2 Å². The van der Waals surface area contributed by atoms with Crippen LogP contribution in [0.15, 0.2) is 73.1 Å². The van der Waals surface area contributed by atoms with E-state index < -0.39 is 50.8 Å². The minimum absolute atomic E-state index is 0.00923. The van der Waals surface area contributed by atoms with Crippen LogP contribution in [-0.2, 0) is 26.3 Å². The number of amides is 3. The van der Waals surface area contributed by atoms with E-state index >= 15 is 8.78 Å². The Balaban J connectivity index is 0.729. The summed E-state index contributed by atoms with van der Waals surface area (Å²) in [4.78, 5) is 65.1. The molecule has 0 saturated carbocycles. The lowest BCUT2D eigenvalue weighted by atomic mass is 9.87. The lowest BCUT2D eigenvalue weighted by Gasteiger charge is -2.38. The largest absolute Gasteiger partial charge is 0.372 e. The summed E-state index contributed by atoms with van der Waals surface area (Å²) in [6.07, 6.45) is 9.28. The minimum Gasteiger partial charge on any atom is -0.372 e. The number of hydrogen-bond acceptors (Lipinski definition) is 9. The maximum Gasteiger partial charge on any atom is 0.301 e. The molecule has 1 unspecified atom stereocenters. The van der Waals surface area contributed by atoms with Crippen molar-refractivity contribution in [3.05, 3.63) is 113 Å². The predicted molar refractivity (Wildman–Crippen MR) is 241 cm³/mol. The van der Waals surface area contributed by atoms with Gasteiger partial charge in [-0.1, -0.05) is 24.3 Å². The fraction of sp³-hybridized carbons (Fsp3) is 0.396. The highest BCUT2D eigenvalue weighted by atomic mass is 32.2. The van der Waals surface area contributed by atoms with Gasteiger partial charge in [0.2, 0.25) is 17.6 Å². The third-order valence-electron chi connectivity index (χ3n) is 14.0. The number of ketones is 1. The number of imide groups is 1. The van der Waals surface area contributed by atoms with Crippen LogP contribution < -0.4 is 14.9 Å². The van der Waals surface area contributed by atoms with Crippen LogP contribution in [-0.4, -0.2) is 108 Å². The lowest BCUT2D eigenvalue weighted by molar-refractivity contribution is -0.136. The summed E-state index contributed by atoms with van der Waals surface area (Å²) >= 11 is 0. The van der Waals surface area contributed by atoms with Crippen LogP contribution in [0, 0.1) is 17.6 Å². The number of hydrogen-bond donors (Lipinski definition) is 3. The quantitative estimate of drug-likeness (QED) is 0.101. The van der Waals surface area contributed by atoms with Crippen molar-refractivity contribution in [2.75, 3.05) is 55.4 Å². The van der Waals surface area contributed by atoms with Crippen LogP contribution in [0.3, 0.4) is 0 Å². The molecule has 5 aromatic rings. The molecular formula is C48H50F2N8O6S. The molecule has 14 nitrogen and oxygen atoms in total. The number of halogens is 2. The van der Waals surface area contributed by atoms with Crippen LogP contribution in [0.4, 0.5) is 20.2 Å². The monoisotopic (exact) mass is 904 g/mol. The molecule has 0 bridgehead atoms. The smallest absolute Gasteiger partial charge is 0.301 e. The number of anilines is 2. The zero-order valence-corrected chi connectivity index (χ0v) is 36.6. The second kappa shape index (κ2) is 17.4. The van der Waals surface area contributed by atoms with Gasteiger partial charge in [0.1, 0.15) is 17.5 Å². The Morgan fingerprint density at radius 3 is 2.34 bits per heavy atom. The number of carbonyl (C=O) groups is 4. The van der Waals surface area contributed by atoms with Crippen LogP contribution in [0.1, 0.15) is 94.7 Å². The van der Waals surface area contributed by atoms with E-state index in [2.05, 4.69) is 54.1 Å². The van der Waals surface area contributed by atoms with E-state index in [1.54, 1.807) is 17.2 Å². The summed E-state index contributed by atoms with van der Waals surface area (Å²) in [6.45, 7) is 5.99. The van der Waals surface area contributed by atoms with Gasteiger partial charge < -0.3 is 19.7 Å². The average Bonchev–Trinajstić information content (AvgIpc) is 4.08. The first kappa shape index (κ1) is 42.9. The molecule has 3 amide bonds. The number of fused-ring (bicyclic) bond motifs is 2. The fourth-order valence-electron chi connectivity index (χ4n) is 10.4. The van der Waals surface area contributed by atoms with E-state index in [1.807, 2.05) is 18.2 Å². The molecule has 2 aromatic heterocycles. The van der Waals surface area contributed by atoms with Gasteiger partial charge in [0, 0.05) is 85.8 Å². The Morgan fingerprint density at radius 2 is 1.60 bits per heavy atom. The Labute approximate surface area is 375 Å². The normalized spacial score (nSPS) is 20.5. The molecule has 5 aliphatic heterocycles. The Hall–Kier alpha value is -6.04. The summed E-state index contributed by atoms with van der Waals surface area (Å²) in [6, 6.07) is 17.3. The number of H-pyrrole nitrogens is 1. The lowest BCUT2D eigenvalue weighted by Crippen LogP contribution is -2.52. The SMILES string of the molecule is O=C1CCC(N2Cc3cc(C4CCN(CC5CCN(c6ccc(-c7cnc8[nH]cc(C(=O)c9c(F)ccc(NS(=O)(=O)N%10CCCC%10)c9F)c8c7)cc6)CC5)CC4)ccc3C2=O)C(=O)N1. The average molecular weight is 905 g/mol. The fourth-order valence-corrected chi connectivity index (χ4v) is 11.7. The molecule has 0 spiro atoms. The van der Waals surface area contributed by atoms with Gasteiger partial charge in [-0.2, -0.15) is 12.7 Å². The number of aromatic nitrogens is 2. The Morgan fingerprint density at radius 1 is 0.846 bits per heavy atom. The molecule has 3 N–H and O–H groups in total.